The maximum atomic E-state index is 13.0. The first kappa shape index (κ1) is 11.1. The van der Waals surface area contributed by atoms with Gasteiger partial charge in [-0.3, -0.25) is 0 Å². The van der Waals surface area contributed by atoms with Crippen LogP contribution < -0.4 is 0 Å². The normalized spacial score (nSPS) is 10.3. The molecule has 0 fully saturated rings. The zero-order valence-corrected chi connectivity index (χ0v) is 8.04. The number of benzene rings is 1. The molecule has 0 atom stereocenters. The van der Waals surface area contributed by atoms with Crippen LogP contribution in [-0.2, 0) is 6.42 Å². The summed E-state index contributed by atoms with van der Waals surface area (Å²) in [6, 6.07) is 1.37. The van der Waals surface area contributed by atoms with Gasteiger partial charge in [0.2, 0.25) is 0 Å². The minimum Gasteiger partial charge on any atom is -0.207 e. The van der Waals surface area contributed by atoms with Gasteiger partial charge in [-0.15, -0.1) is 0 Å². The lowest BCUT2D eigenvalue weighted by Crippen LogP contribution is -1.95. The van der Waals surface area contributed by atoms with Gasteiger partial charge in [0.1, 0.15) is 5.82 Å². The lowest BCUT2D eigenvalue weighted by Gasteiger charge is -2.03. The first-order chi connectivity index (χ1) is 6.50. The van der Waals surface area contributed by atoms with Crippen molar-refractivity contribution in [3.8, 4) is 0 Å². The van der Waals surface area contributed by atoms with Crippen LogP contribution >= 0.6 is 11.6 Å². The van der Waals surface area contributed by atoms with Crippen LogP contribution in [0.1, 0.15) is 12.0 Å². The molecule has 0 aliphatic heterocycles. The summed E-state index contributed by atoms with van der Waals surface area (Å²) in [7, 11) is 0. The fraction of sp³-hybridized carbons (Fsp3) is 0.200. The van der Waals surface area contributed by atoms with Gasteiger partial charge in [-0.25, -0.2) is 13.2 Å². The van der Waals surface area contributed by atoms with E-state index in [4.69, 9.17) is 11.6 Å². The number of rotatable bonds is 3. The highest BCUT2D eigenvalue weighted by molar-refractivity contribution is 6.29. The van der Waals surface area contributed by atoms with E-state index in [1.807, 2.05) is 0 Å². The molecule has 0 nitrogen and oxygen atoms in total. The minimum absolute atomic E-state index is 0.103. The lowest BCUT2D eigenvalue weighted by atomic mass is 10.1. The summed E-state index contributed by atoms with van der Waals surface area (Å²) < 4.78 is 38.2. The molecule has 0 amide bonds. The summed E-state index contributed by atoms with van der Waals surface area (Å²) in [5.74, 6) is -3.00. The van der Waals surface area contributed by atoms with Crippen LogP contribution in [0.15, 0.2) is 23.7 Å². The summed E-state index contributed by atoms with van der Waals surface area (Å²) >= 11 is 5.47. The van der Waals surface area contributed by atoms with E-state index in [9.17, 15) is 13.2 Å². The maximum absolute atomic E-state index is 13.0. The van der Waals surface area contributed by atoms with Gasteiger partial charge in [-0.2, -0.15) is 0 Å². The van der Waals surface area contributed by atoms with Gasteiger partial charge >= 0.3 is 0 Å². The molecule has 1 aromatic carbocycles. The van der Waals surface area contributed by atoms with Gasteiger partial charge in [0, 0.05) is 11.1 Å². The molecule has 0 unspecified atom stereocenters. The quantitative estimate of drug-likeness (QED) is 0.680. The monoisotopic (exact) mass is 220 g/mol. The summed E-state index contributed by atoms with van der Waals surface area (Å²) in [5.41, 5.74) is 0.103. The second kappa shape index (κ2) is 4.51. The van der Waals surface area contributed by atoms with E-state index in [0.717, 1.165) is 6.07 Å². The molecule has 0 aromatic heterocycles. The Morgan fingerprint density at radius 2 is 1.71 bits per heavy atom. The molecule has 0 saturated carbocycles. The average Bonchev–Trinajstić information content (AvgIpc) is 2.09. The van der Waals surface area contributed by atoms with E-state index < -0.39 is 17.5 Å². The first-order valence-corrected chi connectivity index (χ1v) is 4.35. The van der Waals surface area contributed by atoms with Crippen LogP contribution in [0.5, 0.6) is 0 Å². The van der Waals surface area contributed by atoms with Gasteiger partial charge in [-0.05, 0) is 24.5 Å². The summed E-state index contributed by atoms with van der Waals surface area (Å²) in [6.07, 6.45) is 0.551. The van der Waals surface area contributed by atoms with E-state index >= 15 is 0 Å². The molecule has 0 aliphatic carbocycles. The molecule has 0 heterocycles. The summed E-state index contributed by atoms with van der Waals surface area (Å²) in [6.45, 7) is 3.41. The Labute approximate surface area is 85.0 Å². The molecule has 0 radical (unpaired) electrons. The van der Waals surface area contributed by atoms with Gasteiger partial charge < -0.3 is 0 Å². The smallest absolute Gasteiger partial charge is 0.161 e. The molecule has 76 valence electrons. The Kier molecular flexibility index (Phi) is 3.58. The van der Waals surface area contributed by atoms with Crippen LogP contribution in [0.25, 0.3) is 0 Å². The summed E-state index contributed by atoms with van der Waals surface area (Å²) in [4.78, 5) is 0. The zero-order valence-electron chi connectivity index (χ0n) is 7.29. The van der Waals surface area contributed by atoms with Crippen molar-refractivity contribution in [1.29, 1.82) is 0 Å². The Morgan fingerprint density at radius 3 is 2.29 bits per heavy atom. The first-order valence-electron chi connectivity index (χ1n) is 3.97. The third kappa shape index (κ3) is 2.77. The van der Waals surface area contributed by atoms with Crippen molar-refractivity contribution in [3.63, 3.8) is 0 Å². The standard InChI is InChI=1S/C10H8ClF3/c1-6(11)2-3-7-4-9(13)10(14)5-8(7)12/h4-5H,1-3H2. The highest BCUT2D eigenvalue weighted by Gasteiger charge is 2.09. The van der Waals surface area contributed by atoms with E-state index in [0.29, 0.717) is 17.5 Å². The van der Waals surface area contributed by atoms with E-state index in [-0.39, 0.29) is 12.0 Å². The molecular weight excluding hydrogens is 213 g/mol. The Bertz CT molecular complexity index is 361. The Balaban J connectivity index is 2.87. The maximum Gasteiger partial charge on any atom is 0.161 e. The number of hydrogen-bond acceptors (Lipinski definition) is 0. The average molecular weight is 221 g/mol. The van der Waals surface area contributed by atoms with Crippen LogP contribution in [0, 0.1) is 17.5 Å². The fourth-order valence-electron chi connectivity index (χ4n) is 1.03. The Morgan fingerprint density at radius 1 is 1.14 bits per heavy atom. The summed E-state index contributed by atoms with van der Waals surface area (Å²) in [5, 5.41) is 0.356. The second-order valence-electron chi connectivity index (χ2n) is 2.87. The van der Waals surface area contributed by atoms with E-state index in [1.54, 1.807) is 0 Å². The van der Waals surface area contributed by atoms with E-state index in [2.05, 4.69) is 6.58 Å². The molecular formula is C10H8ClF3. The van der Waals surface area contributed by atoms with Crippen molar-refractivity contribution in [1.82, 2.24) is 0 Å². The Hall–Kier alpha value is -0.960. The van der Waals surface area contributed by atoms with Crippen molar-refractivity contribution < 1.29 is 13.2 Å². The van der Waals surface area contributed by atoms with Crippen molar-refractivity contribution in [3.05, 3.63) is 46.8 Å². The molecule has 1 aromatic rings. The topological polar surface area (TPSA) is 0 Å². The fourth-order valence-corrected chi connectivity index (χ4v) is 1.12. The molecule has 0 N–H and O–H groups in total. The third-order valence-corrected chi connectivity index (χ3v) is 1.94. The minimum atomic E-state index is -1.18. The second-order valence-corrected chi connectivity index (χ2v) is 3.41. The largest absolute Gasteiger partial charge is 0.207 e. The zero-order chi connectivity index (χ0) is 10.7. The molecule has 0 spiro atoms. The SMILES string of the molecule is C=C(Cl)CCc1cc(F)c(F)cc1F. The van der Waals surface area contributed by atoms with Crippen LogP contribution in [0.3, 0.4) is 0 Å². The molecule has 4 heteroatoms. The van der Waals surface area contributed by atoms with Gasteiger partial charge in [0.25, 0.3) is 0 Å². The predicted octanol–water partition coefficient (Wildman–Crippen LogP) is 3.79. The van der Waals surface area contributed by atoms with Gasteiger partial charge in [0.05, 0.1) is 0 Å². The molecule has 0 saturated heterocycles. The molecule has 0 bridgehead atoms. The van der Waals surface area contributed by atoms with Crippen molar-refractivity contribution >= 4 is 11.6 Å². The third-order valence-electron chi connectivity index (χ3n) is 1.75. The number of aryl methyl sites for hydroxylation is 1. The molecule has 1 rings (SSSR count). The molecule has 14 heavy (non-hydrogen) atoms. The van der Waals surface area contributed by atoms with E-state index in [1.165, 1.54) is 0 Å². The van der Waals surface area contributed by atoms with Crippen molar-refractivity contribution in [2.24, 2.45) is 0 Å². The molecule has 0 aliphatic rings. The lowest BCUT2D eigenvalue weighted by molar-refractivity contribution is 0.490. The number of hydrogen-bond donors (Lipinski definition) is 0. The van der Waals surface area contributed by atoms with Gasteiger partial charge in [-0.1, -0.05) is 18.2 Å². The highest BCUT2D eigenvalue weighted by Crippen LogP contribution is 2.17. The van der Waals surface area contributed by atoms with Crippen LogP contribution in [0.2, 0.25) is 0 Å². The van der Waals surface area contributed by atoms with Crippen molar-refractivity contribution in [2.75, 3.05) is 0 Å². The van der Waals surface area contributed by atoms with Crippen LogP contribution in [-0.4, -0.2) is 0 Å². The highest BCUT2D eigenvalue weighted by atomic mass is 35.5. The number of halogens is 4. The van der Waals surface area contributed by atoms with Crippen LogP contribution in [0.4, 0.5) is 13.2 Å². The van der Waals surface area contributed by atoms with Crippen molar-refractivity contribution in [2.45, 2.75) is 12.8 Å². The predicted molar refractivity (Wildman–Crippen MR) is 49.6 cm³/mol. The van der Waals surface area contributed by atoms with Gasteiger partial charge in [0.15, 0.2) is 11.6 Å². The number of allylic oxidation sites excluding steroid dienone is 1.